The van der Waals surface area contributed by atoms with Crippen LogP contribution in [0, 0.1) is 10.1 Å². The van der Waals surface area contributed by atoms with Gasteiger partial charge in [-0.3, -0.25) is 14.9 Å². The van der Waals surface area contributed by atoms with Gasteiger partial charge in [0, 0.05) is 24.2 Å². The van der Waals surface area contributed by atoms with Gasteiger partial charge in [-0.15, -0.1) is 0 Å². The van der Waals surface area contributed by atoms with Gasteiger partial charge in [0.15, 0.2) is 0 Å². The second-order valence-electron chi connectivity index (χ2n) is 4.80. The van der Waals surface area contributed by atoms with Gasteiger partial charge in [0.05, 0.1) is 11.5 Å². The molecule has 0 spiro atoms. The highest BCUT2D eigenvalue weighted by molar-refractivity contribution is 5.78. The molecular weight excluding hydrogens is 246 g/mol. The number of nitro groups is 1. The summed E-state index contributed by atoms with van der Waals surface area (Å²) in [6.07, 6.45) is 2.12. The number of hydrogen-bond donors (Lipinski definition) is 2. The zero-order valence-corrected chi connectivity index (χ0v) is 10.8. The van der Waals surface area contributed by atoms with Crippen molar-refractivity contribution in [2.24, 2.45) is 0 Å². The summed E-state index contributed by atoms with van der Waals surface area (Å²) in [5.74, 6) is -0.0280. The molecule has 0 radical (unpaired) electrons. The van der Waals surface area contributed by atoms with E-state index < -0.39 is 4.92 Å². The Balaban J connectivity index is 1.87. The second kappa shape index (κ2) is 5.79. The van der Waals surface area contributed by atoms with Gasteiger partial charge < -0.3 is 10.6 Å². The lowest BCUT2D eigenvalue weighted by Crippen LogP contribution is -2.36. The number of rotatable bonds is 6. The minimum atomic E-state index is -0.421. The number of nitrogens with zero attached hydrogens (tertiary/aromatic N) is 1. The Morgan fingerprint density at radius 2 is 2.26 bits per heavy atom. The van der Waals surface area contributed by atoms with Crippen molar-refractivity contribution in [3.8, 4) is 0 Å². The SMILES string of the molecule is CC(NCC(=O)NC1CC1)c1cccc([N+](=O)[O-])c1. The highest BCUT2D eigenvalue weighted by atomic mass is 16.6. The van der Waals surface area contributed by atoms with Crippen molar-refractivity contribution in [3.63, 3.8) is 0 Å². The Kier molecular flexibility index (Phi) is 4.11. The molecule has 1 atom stereocenters. The third-order valence-electron chi connectivity index (χ3n) is 3.09. The van der Waals surface area contributed by atoms with Gasteiger partial charge in [0.25, 0.3) is 5.69 Å². The van der Waals surface area contributed by atoms with Crippen LogP contribution in [-0.4, -0.2) is 23.4 Å². The monoisotopic (exact) mass is 263 g/mol. The Labute approximate surface area is 111 Å². The average molecular weight is 263 g/mol. The maximum atomic E-state index is 11.5. The lowest BCUT2D eigenvalue weighted by atomic mass is 10.1. The Morgan fingerprint density at radius 3 is 2.89 bits per heavy atom. The third-order valence-corrected chi connectivity index (χ3v) is 3.09. The summed E-state index contributed by atoms with van der Waals surface area (Å²) < 4.78 is 0. The van der Waals surface area contributed by atoms with Crippen molar-refractivity contribution in [1.82, 2.24) is 10.6 Å². The van der Waals surface area contributed by atoms with Crippen LogP contribution < -0.4 is 10.6 Å². The maximum absolute atomic E-state index is 11.5. The Morgan fingerprint density at radius 1 is 1.53 bits per heavy atom. The first-order valence-electron chi connectivity index (χ1n) is 6.33. The zero-order chi connectivity index (χ0) is 13.8. The molecule has 102 valence electrons. The molecule has 0 aromatic heterocycles. The van der Waals surface area contributed by atoms with Gasteiger partial charge in [0.1, 0.15) is 0 Å². The van der Waals surface area contributed by atoms with Crippen molar-refractivity contribution in [2.45, 2.75) is 31.8 Å². The fraction of sp³-hybridized carbons (Fsp3) is 0.462. The number of nitrogens with one attached hydrogen (secondary N) is 2. The first kappa shape index (κ1) is 13.5. The molecule has 1 aromatic carbocycles. The normalized spacial score (nSPS) is 15.8. The van der Waals surface area contributed by atoms with Gasteiger partial charge >= 0.3 is 0 Å². The summed E-state index contributed by atoms with van der Waals surface area (Å²) in [5, 5.41) is 16.6. The van der Waals surface area contributed by atoms with Crippen LogP contribution in [0.4, 0.5) is 5.69 Å². The van der Waals surface area contributed by atoms with E-state index in [1.807, 2.05) is 13.0 Å². The number of hydrogen-bond acceptors (Lipinski definition) is 4. The van der Waals surface area contributed by atoms with Crippen LogP contribution >= 0.6 is 0 Å². The molecule has 0 saturated heterocycles. The van der Waals surface area contributed by atoms with E-state index in [1.54, 1.807) is 6.07 Å². The highest BCUT2D eigenvalue weighted by Gasteiger charge is 2.23. The summed E-state index contributed by atoms with van der Waals surface area (Å²) in [4.78, 5) is 21.8. The fourth-order valence-corrected chi connectivity index (χ4v) is 1.78. The van der Waals surface area contributed by atoms with Gasteiger partial charge in [-0.1, -0.05) is 12.1 Å². The Bertz CT molecular complexity index is 486. The van der Waals surface area contributed by atoms with E-state index in [0.717, 1.165) is 18.4 Å². The molecule has 2 rings (SSSR count). The topological polar surface area (TPSA) is 84.3 Å². The molecule has 6 nitrogen and oxygen atoms in total. The van der Waals surface area contributed by atoms with E-state index in [1.165, 1.54) is 12.1 Å². The number of carbonyl (C=O) groups excluding carboxylic acids is 1. The number of nitro benzene ring substituents is 1. The first-order chi connectivity index (χ1) is 9.06. The standard InChI is InChI=1S/C13H17N3O3/c1-9(14-8-13(17)15-11-5-6-11)10-3-2-4-12(7-10)16(18)19/h2-4,7,9,11,14H,5-6,8H2,1H3,(H,15,17). The fourth-order valence-electron chi connectivity index (χ4n) is 1.78. The number of amides is 1. The van der Waals surface area contributed by atoms with Crippen LogP contribution in [0.1, 0.15) is 31.4 Å². The van der Waals surface area contributed by atoms with Crippen molar-refractivity contribution in [2.75, 3.05) is 6.54 Å². The predicted molar refractivity (Wildman–Crippen MR) is 70.7 cm³/mol. The van der Waals surface area contributed by atoms with Crippen molar-refractivity contribution in [1.29, 1.82) is 0 Å². The van der Waals surface area contributed by atoms with Crippen LogP contribution in [0.15, 0.2) is 24.3 Å². The first-order valence-corrected chi connectivity index (χ1v) is 6.33. The van der Waals surface area contributed by atoms with Crippen LogP contribution in [0.5, 0.6) is 0 Å². The van der Waals surface area contributed by atoms with Crippen molar-refractivity contribution >= 4 is 11.6 Å². The van der Waals surface area contributed by atoms with E-state index in [-0.39, 0.29) is 24.2 Å². The smallest absolute Gasteiger partial charge is 0.269 e. The van der Waals surface area contributed by atoms with Crippen molar-refractivity contribution in [3.05, 3.63) is 39.9 Å². The van der Waals surface area contributed by atoms with Crippen LogP contribution in [0.2, 0.25) is 0 Å². The van der Waals surface area contributed by atoms with E-state index in [4.69, 9.17) is 0 Å². The summed E-state index contributed by atoms with van der Waals surface area (Å²) in [5.41, 5.74) is 0.863. The highest BCUT2D eigenvalue weighted by Crippen LogP contribution is 2.19. The van der Waals surface area contributed by atoms with E-state index in [0.29, 0.717) is 6.04 Å². The molecule has 1 fully saturated rings. The molecule has 1 unspecified atom stereocenters. The summed E-state index contributed by atoms with van der Waals surface area (Å²) in [6.45, 7) is 2.10. The summed E-state index contributed by atoms with van der Waals surface area (Å²) in [6, 6.07) is 6.68. The summed E-state index contributed by atoms with van der Waals surface area (Å²) >= 11 is 0. The molecule has 1 aliphatic rings. The molecule has 1 aliphatic carbocycles. The lowest BCUT2D eigenvalue weighted by Gasteiger charge is -2.13. The molecule has 19 heavy (non-hydrogen) atoms. The van der Waals surface area contributed by atoms with E-state index >= 15 is 0 Å². The molecule has 1 amide bonds. The molecule has 1 aromatic rings. The van der Waals surface area contributed by atoms with Gasteiger partial charge in [-0.05, 0) is 25.3 Å². The van der Waals surface area contributed by atoms with Gasteiger partial charge in [-0.2, -0.15) is 0 Å². The second-order valence-corrected chi connectivity index (χ2v) is 4.80. The Hall–Kier alpha value is -1.95. The lowest BCUT2D eigenvalue weighted by molar-refractivity contribution is -0.384. The molecule has 2 N–H and O–H groups in total. The van der Waals surface area contributed by atoms with Crippen LogP contribution in [0.25, 0.3) is 0 Å². The zero-order valence-electron chi connectivity index (χ0n) is 10.8. The molecule has 0 heterocycles. The molecule has 0 bridgehead atoms. The number of non-ortho nitro benzene ring substituents is 1. The molecule has 1 saturated carbocycles. The minimum Gasteiger partial charge on any atom is -0.352 e. The largest absolute Gasteiger partial charge is 0.352 e. The van der Waals surface area contributed by atoms with Crippen LogP contribution in [-0.2, 0) is 4.79 Å². The minimum absolute atomic E-state index is 0.0280. The number of carbonyl (C=O) groups is 1. The van der Waals surface area contributed by atoms with E-state index in [2.05, 4.69) is 10.6 Å². The third kappa shape index (κ3) is 4.03. The predicted octanol–water partition coefficient (Wildman–Crippen LogP) is 1.52. The van der Waals surface area contributed by atoms with Gasteiger partial charge in [-0.25, -0.2) is 0 Å². The van der Waals surface area contributed by atoms with Gasteiger partial charge in [0.2, 0.25) is 5.91 Å². The van der Waals surface area contributed by atoms with Crippen molar-refractivity contribution < 1.29 is 9.72 Å². The maximum Gasteiger partial charge on any atom is 0.269 e. The van der Waals surface area contributed by atoms with E-state index in [9.17, 15) is 14.9 Å². The molecule has 0 aliphatic heterocycles. The molecular formula is C13H17N3O3. The molecule has 6 heteroatoms. The average Bonchev–Trinajstić information content (AvgIpc) is 3.20. The summed E-state index contributed by atoms with van der Waals surface area (Å²) in [7, 11) is 0. The number of benzene rings is 1. The van der Waals surface area contributed by atoms with Crippen LogP contribution in [0.3, 0.4) is 0 Å². The quantitative estimate of drug-likeness (QED) is 0.602.